The molecule has 8 nitrogen and oxygen atoms in total. The van der Waals surface area contributed by atoms with Crippen LogP contribution in [0.25, 0.3) is 0 Å². The van der Waals surface area contributed by atoms with Crippen LogP contribution in [0, 0.1) is 0 Å². The average molecular weight is 835 g/mol. The van der Waals surface area contributed by atoms with Crippen LogP contribution in [0.2, 0.25) is 0 Å². The van der Waals surface area contributed by atoms with Gasteiger partial charge in [-0.2, -0.15) is 0 Å². The molecule has 42 heavy (non-hydrogen) atoms. The van der Waals surface area contributed by atoms with E-state index in [0.717, 1.165) is 0 Å². The third kappa shape index (κ3) is 39.2. The minimum absolute atomic E-state index is 1.35. The van der Waals surface area contributed by atoms with E-state index in [9.17, 15) is 0 Å². The van der Waals surface area contributed by atoms with Crippen LogP contribution in [0.4, 0.5) is 0 Å². The lowest BCUT2D eigenvalue weighted by Gasteiger charge is -2.39. The highest BCUT2D eigenvalue weighted by Crippen LogP contribution is 2.17. The van der Waals surface area contributed by atoms with E-state index >= 15 is 0 Å². The maximum atomic E-state index is 8.57. The summed E-state index contributed by atoms with van der Waals surface area (Å²) in [4.78, 5) is 0. The summed E-state index contributed by atoms with van der Waals surface area (Å²) in [5.41, 5.74) is 0. The van der Waals surface area contributed by atoms with Crippen molar-refractivity contribution in [3.8, 4) is 0 Å². The van der Waals surface area contributed by atoms with Crippen molar-refractivity contribution in [1.82, 2.24) is 0 Å². The Kier molecular flexibility index (Phi) is 45.6. The quantitative estimate of drug-likeness (QED) is 0.0747. The van der Waals surface area contributed by atoms with Crippen molar-refractivity contribution in [1.29, 1.82) is 0 Å². The molecule has 0 heterocycles. The first-order chi connectivity index (χ1) is 19.9. The molecule has 0 N–H and O–H groups in total. The predicted molar refractivity (Wildman–Crippen MR) is 159 cm³/mol. The SMILES string of the molecule is CCCC[N+](CCCC)(CCCC)CCCC.CCCC[N+](CCCC)(CCCC)CCCC.[O-][I+2]([O-])[O-].[O-][I+2]([O-])[O-]. The van der Waals surface area contributed by atoms with E-state index in [2.05, 4.69) is 55.4 Å². The van der Waals surface area contributed by atoms with Crippen molar-refractivity contribution in [2.45, 2.75) is 158 Å². The van der Waals surface area contributed by atoms with Gasteiger partial charge in [0.1, 0.15) is 0 Å². The maximum absolute atomic E-state index is 8.57. The summed E-state index contributed by atoms with van der Waals surface area (Å²) in [6, 6.07) is 0. The Bertz CT molecular complexity index is 369. The molecule has 0 saturated heterocycles. The molecule has 0 atom stereocenters. The topological polar surface area (TPSA) is 138 Å². The Labute approximate surface area is 280 Å². The summed E-state index contributed by atoms with van der Waals surface area (Å²) in [5, 5.41) is 0. The van der Waals surface area contributed by atoms with Crippen LogP contribution in [0.3, 0.4) is 0 Å². The molecule has 0 radical (unpaired) electrons. The van der Waals surface area contributed by atoms with E-state index in [1.54, 1.807) is 0 Å². The van der Waals surface area contributed by atoms with E-state index < -0.39 is 42.1 Å². The molecule has 0 saturated carbocycles. The van der Waals surface area contributed by atoms with Gasteiger partial charge in [0.25, 0.3) is 42.1 Å². The van der Waals surface area contributed by atoms with E-state index in [4.69, 9.17) is 20.6 Å². The molecule has 0 bridgehead atoms. The number of nitrogens with zero attached hydrogens (tertiary/aromatic N) is 2. The number of quaternary nitrogens is 2. The zero-order valence-corrected chi connectivity index (χ0v) is 33.4. The molecular formula is C32H72I2N2O6. The van der Waals surface area contributed by atoms with Gasteiger partial charge >= 0.3 is 0 Å². The normalized spacial score (nSPS) is 11.4. The lowest BCUT2D eigenvalue weighted by molar-refractivity contribution is -1.73. The second-order valence-electron chi connectivity index (χ2n) is 11.7. The molecule has 0 unspecified atom stereocenters. The summed E-state index contributed by atoms with van der Waals surface area (Å²) in [7, 11) is 0. The second kappa shape index (κ2) is 38.3. The Morgan fingerprint density at radius 1 is 0.286 bits per heavy atom. The molecule has 0 aliphatic carbocycles. The summed E-state index contributed by atoms with van der Waals surface area (Å²) in [6.07, 6.45) is 22.1. The third-order valence-electron chi connectivity index (χ3n) is 7.89. The number of hydrogen-bond acceptors (Lipinski definition) is 6. The van der Waals surface area contributed by atoms with Crippen LogP contribution in [0.5, 0.6) is 0 Å². The van der Waals surface area contributed by atoms with Crippen LogP contribution in [0.1, 0.15) is 158 Å². The van der Waals surface area contributed by atoms with Crippen LogP contribution in [-0.2, 0) is 0 Å². The van der Waals surface area contributed by atoms with Crippen molar-refractivity contribution >= 4 is 0 Å². The summed E-state index contributed by atoms with van der Waals surface area (Å²) >= 11 is -8.03. The van der Waals surface area contributed by atoms with Crippen LogP contribution < -0.4 is 62.7 Å². The van der Waals surface area contributed by atoms with Gasteiger partial charge in [0, 0.05) is 0 Å². The molecule has 0 aliphatic rings. The van der Waals surface area contributed by atoms with Gasteiger partial charge in [-0.05, 0) is 51.4 Å². The molecule has 0 aromatic heterocycles. The van der Waals surface area contributed by atoms with E-state index in [0.29, 0.717) is 0 Å². The largest absolute Gasteiger partial charge is 0.427 e. The third-order valence-corrected chi connectivity index (χ3v) is 7.89. The van der Waals surface area contributed by atoms with Crippen molar-refractivity contribution in [2.24, 2.45) is 0 Å². The van der Waals surface area contributed by atoms with Crippen molar-refractivity contribution in [2.75, 3.05) is 52.4 Å². The van der Waals surface area contributed by atoms with Crippen LogP contribution in [0.15, 0.2) is 0 Å². The van der Waals surface area contributed by atoms with Crippen LogP contribution in [-0.4, -0.2) is 61.3 Å². The Balaban J connectivity index is -0.000000273. The monoisotopic (exact) mass is 834 g/mol. The molecule has 260 valence electrons. The Morgan fingerprint density at radius 2 is 0.381 bits per heavy atom. The summed E-state index contributed by atoms with van der Waals surface area (Å²) in [6.45, 7) is 30.0. The van der Waals surface area contributed by atoms with Crippen molar-refractivity contribution in [3.63, 3.8) is 0 Å². The highest BCUT2D eigenvalue weighted by atomic mass is 127. The number of halogens is 2. The average Bonchev–Trinajstić information content (AvgIpc) is 2.95. The van der Waals surface area contributed by atoms with Gasteiger partial charge in [-0.15, -0.1) is 0 Å². The Hall–Kier alpha value is 1.14. The molecule has 0 aromatic rings. The zero-order chi connectivity index (χ0) is 33.1. The van der Waals surface area contributed by atoms with E-state index in [1.165, 1.54) is 164 Å². The van der Waals surface area contributed by atoms with Gasteiger partial charge in [-0.3, -0.25) is 0 Å². The maximum Gasteiger partial charge on any atom is 0.282 e. The molecule has 0 rings (SSSR count). The van der Waals surface area contributed by atoms with Gasteiger partial charge in [0.15, 0.2) is 0 Å². The first kappa shape index (κ1) is 50.0. The first-order valence-corrected chi connectivity index (χ1v) is 22.4. The van der Waals surface area contributed by atoms with Crippen molar-refractivity contribution in [3.05, 3.63) is 0 Å². The number of rotatable bonds is 24. The predicted octanol–water partition coefficient (Wildman–Crippen LogP) is -3.12. The van der Waals surface area contributed by atoms with E-state index in [1.807, 2.05) is 0 Å². The standard InChI is InChI=1S/2C16H36N.2IO3/c2*1-5-9-13-17(14-10-6-2,15-11-7-3)16-12-8-4;2*2-1(3)4/h2*5-16H2,1-4H3;;/q2*+1;2*-1. The first-order valence-electron chi connectivity index (χ1n) is 17.1. The van der Waals surface area contributed by atoms with Gasteiger partial charge in [-0.1, -0.05) is 107 Å². The number of unbranched alkanes of at least 4 members (excludes halogenated alkanes) is 8. The fourth-order valence-electron chi connectivity index (χ4n) is 5.29. The molecule has 0 fully saturated rings. The minimum atomic E-state index is -4.01. The van der Waals surface area contributed by atoms with Gasteiger partial charge < -0.3 is 29.6 Å². The highest BCUT2D eigenvalue weighted by molar-refractivity contribution is 4.50. The zero-order valence-electron chi connectivity index (χ0n) is 29.1. The second-order valence-corrected chi connectivity index (χ2v) is 13.8. The number of hydrogen-bond donors (Lipinski definition) is 0. The fourth-order valence-corrected chi connectivity index (χ4v) is 5.29. The summed E-state index contributed by atoms with van der Waals surface area (Å²) < 4.78 is 54.3. The fraction of sp³-hybridized carbons (Fsp3) is 1.00. The van der Waals surface area contributed by atoms with Crippen LogP contribution >= 0.6 is 0 Å². The minimum Gasteiger partial charge on any atom is -0.427 e. The lowest BCUT2D eigenvalue weighted by Crippen LogP contribution is -4.05. The Morgan fingerprint density at radius 3 is 0.452 bits per heavy atom. The van der Waals surface area contributed by atoms with Gasteiger partial charge in [-0.25, -0.2) is 0 Å². The molecule has 0 aliphatic heterocycles. The van der Waals surface area contributed by atoms with E-state index in [-0.39, 0.29) is 0 Å². The molecule has 0 amide bonds. The molecular weight excluding hydrogens is 762 g/mol. The smallest absolute Gasteiger partial charge is 0.282 e. The van der Waals surface area contributed by atoms with Gasteiger partial charge in [0.05, 0.1) is 52.4 Å². The molecule has 10 heteroatoms. The molecule has 0 aromatic carbocycles. The van der Waals surface area contributed by atoms with Crippen molar-refractivity contribution < 1.29 is 71.7 Å². The molecule has 0 spiro atoms. The van der Waals surface area contributed by atoms with Gasteiger partial charge in [0.2, 0.25) is 0 Å². The summed E-state index contributed by atoms with van der Waals surface area (Å²) in [5.74, 6) is 0. The lowest BCUT2D eigenvalue weighted by atomic mass is 10.1. The highest BCUT2D eigenvalue weighted by Gasteiger charge is 2.25.